The normalized spacial score (nSPS) is 15.5. The van der Waals surface area contributed by atoms with Gasteiger partial charge in [0, 0.05) is 19.1 Å². The van der Waals surface area contributed by atoms with Crippen molar-refractivity contribution in [1.82, 2.24) is 9.62 Å². The molecule has 1 N–H and O–H groups in total. The van der Waals surface area contributed by atoms with Crippen LogP contribution in [0.4, 0.5) is 0 Å². The summed E-state index contributed by atoms with van der Waals surface area (Å²) in [5, 5.41) is 0. The Labute approximate surface area is 208 Å². The number of rotatable bonds is 9. The van der Waals surface area contributed by atoms with Gasteiger partial charge < -0.3 is 9.64 Å². The number of sulfonamides is 1. The maximum atomic E-state index is 12.7. The van der Waals surface area contributed by atoms with Crippen LogP contribution >= 0.6 is 0 Å². The number of hydrogen-bond acceptors (Lipinski definition) is 4. The van der Waals surface area contributed by atoms with Gasteiger partial charge in [0.05, 0.1) is 4.90 Å². The Bertz CT molecular complexity index is 1190. The van der Waals surface area contributed by atoms with Gasteiger partial charge >= 0.3 is 0 Å². The van der Waals surface area contributed by atoms with E-state index < -0.39 is 10.0 Å². The first kappa shape index (κ1) is 24.9. The van der Waals surface area contributed by atoms with Crippen molar-refractivity contribution in [2.24, 2.45) is 5.92 Å². The summed E-state index contributed by atoms with van der Waals surface area (Å²) in [5.41, 5.74) is 2.23. The molecular weight excluding hydrogens is 460 g/mol. The van der Waals surface area contributed by atoms with Crippen LogP contribution < -0.4 is 9.46 Å². The van der Waals surface area contributed by atoms with Crippen LogP contribution in [-0.4, -0.2) is 38.9 Å². The molecule has 0 radical (unpaired) electrons. The molecule has 0 aromatic heterocycles. The molecule has 0 unspecified atom stereocenters. The second-order valence-electron chi connectivity index (χ2n) is 9.03. The van der Waals surface area contributed by atoms with Gasteiger partial charge in [0.1, 0.15) is 5.75 Å². The molecule has 1 saturated heterocycles. The predicted molar refractivity (Wildman–Crippen MR) is 137 cm³/mol. The maximum Gasteiger partial charge on any atom is 0.260 e. The Morgan fingerprint density at radius 2 is 1.54 bits per heavy atom. The van der Waals surface area contributed by atoms with E-state index in [1.807, 2.05) is 41.3 Å². The maximum absolute atomic E-state index is 12.7. The molecule has 4 rings (SSSR count). The summed E-state index contributed by atoms with van der Waals surface area (Å²) in [6, 6.07) is 25.7. The van der Waals surface area contributed by atoms with Gasteiger partial charge in [0.2, 0.25) is 10.0 Å². The number of benzene rings is 3. The van der Waals surface area contributed by atoms with E-state index in [1.54, 1.807) is 19.1 Å². The molecule has 3 aromatic rings. The van der Waals surface area contributed by atoms with Gasteiger partial charge in [-0.05, 0) is 67.5 Å². The highest BCUT2D eigenvalue weighted by Crippen LogP contribution is 2.23. The summed E-state index contributed by atoms with van der Waals surface area (Å²) in [5.74, 6) is 1.01. The molecule has 35 heavy (non-hydrogen) atoms. The number of nitrogens with one attached hydrogen (secondary N) is 1. The fraction of sp³-hybridized carbons (Fsp3) is 0.321. The third-order valence-corrected chi connectivity index (χ3v) is 8.02. The van der Waals surface area contributed by atoms with E-state index in [0.29, 0.717) is 11.7 Å². The summed E-state index contributed by atoms with van der Waals surface area (Å²) in [7, 11) is -3.68. The molecule has 1 fully saturated rings. The standard InChI is InChI=1S/C28H32N2O4S/c1-22(25-10-6-3-7-11-25)29-35(32,33)27-14-12-26(13-15-27)34-21-28(31)30-18-16-24(17-19-30)20-23-8-4-2-5-9-23/h2-15,22,24,29H,16-21H2,1H3/t22-/m0/s1. The fourth-order valence-corrected chi connectivity index (χ4v) is 5.63. The minimum Gasteiger partial charge on any atom is -0.484 e. The highest BCUT2D eigenvalue weighted by atomic mass is 32.2. The van der Waals surface area contributed by atoms with Crippen LogP contribution in [0, 0.1) is 5.92 Å². The van der Waals surface area contributed by atoms with E-state index in [1.165, 1.54) is 17.7 Å². The third-order valence-electron chi connectivity index (χ3n) is 6.46. The van der Waals surface area contributed by atoms with Crippen molar-refractivity contribution in [1.29, 1.82) is 0 Å². The molecule has 3 aromatic carbocycles. The predicted octanol–water partition coefficient (Wildman–Crippen LogP) is 4.59. The highest BCUT2D eigenvalue weighted by Gasteiger charge is 2.23. The van der Waals surface area contributed by atoms with Crippen LogP contribution in [0.2, 0.25) is 0 Å². The lowest BCUT2D eigenvalue weighted by Gasteiger charge is -2.32. The number of carbonyl (C=O) groups excluding carboxylic acids is 1. The second-order valence-corrected chi connectivity index (χ2v) is 10.7. The smallest absolute Gasteiger partial charge is 0.260 e. The number of ether oxygens (including phenoxy) is 1. The number of nitrogens with zero attached hydrogens (tertiary/aromatic N) is 1. The summed E-state index contributed by atoms with van der Waals surface area (Å²) >= 11 is 0. The van der Waals surface area contributed by atoms with Crippen LogP contribution in [0.25, 0.3) is 0 Å². The van der Waals surface area contributed by atoms with Crippen molar-refractivity contribution in [3.63, 3.8) is 0 Å². The molecule has 1 heterocycles. The van der Waals surface area contributed by atoms with E-state index in [0.717, 1.165) is 37.9 Å². The number of carbonyl (C=O) groups is 1. The molecule has 1 atom stereocenters. The van der Waals surface area contributed by atoms with Gasteiger partial charge in [-0.1, -0.05) is 60.7 Å². The van der Waals surface area contributed by atoms with E-state index in [2.05, 4.69) is 29.0 Å². The Morgan fingerprint density at radius 1 is 0.943 bits per heavy atom. The molecule has 0 bridgehead atoms. The summed E-state index contributed by atoms with van der Waals surface area (Å²) in [6.45, 7) is 3.23. The highest BCUT2D eigenvalue weighted by molar-refractivity contribution is 7.89. The van der Waals surface area contributed by atoms with Crippen LogP contribution in [0.3, 0.4) is 0 Å². The minimum atomic E-state index is -3.68. The molecule has 0 saturated carbocycles. The van der Waals surface area contributed by atoms with Crippen LogP contribution in [0.1, 0.15) is 36.9 Å². The zero-order valence-corrected chi connectivity index (χ0v) is 20.8. The van der Waals surface area contributed by atoms with E-state index in [9.17, 15) is 13.2 Å². The van der Waals surface area contributed by atoms with Crippen molar-refractivity contribution < 1.29 is 17.9 Å². The quantitative estimate of drug-likeness (QED) is 0.474. The van der Waals surface area contributed by atoms with Crippen molar-refractivity contribution in [2.75, 3.05) is 19.7 Å². The van der Waals surface area contributed by atoms with Crippen LogP contribution in [-0.2, 0) is 21.2 Å². The molecule has 1 aliphatic heterocycles. The summed E-state index contributed by atoms with van der Waals surface area (Å²) < 4.78 is 33.8. The monoisotopic (exact) mass is 492 g/mol. The number of likely N-dealkylation sites (tertiary alicyclic amines) is 1. The minimum absolute atomic E-state index is 0.0433. The van der Waals surface area contributed by atoms with Crippen molar-refractivity contribution in [2.45, 2.75) is 37.1 Å². The lowest BCUT2D eigenvalue weighted by atomic mass is 9.90. The van der Waals surface area contributed by atoms with E-state index in [-0.39, 0.29) is 23.5 Å². The van der Waals surface area contributed by atoms with Crippen LogP contribution in [0.5, 0.6) is 5.75 Å². The number of piperidine rings is 1. The molecule has 0 spiro atoms. The molecule has 0 aliphatic carbocycles. The van der Waals surface area contributed by atoms with Gasteiger partial charge in [0.25, 0.3) is 5.91 Å². The Hall–Kier alpha value is -3.16. The first-order valence-electron chi connectivity index (χ1n) is 12.0. The average Bonchev–Trinajstić information content (AvgIpc) is 2.89. The molecule has 1 amide bonds. The number of hydrogen-bond donors (Lipinski definition) is 1. The first-order chi connectivity index (χ1) is 16.9. The average molecular weight is 493 g/mol. The van der Waals surface area contributed by atoms with E-state index in [4.69, 9.17) is 4.74 Å². The molecule has 1 aliphatic rings. The first-order valence-corrected chi connectivity index (χ1v) is 13.5. The lowest BCUT2D eigenvalue weighted by Crippen LogP contribution is -2.41. The van der Waals surface area contributed by atoms with Gasteiger partial charge in [-0.25, -0.2) is 13.1 Å². The Balaban J connectivity index is 1.24. The van der Waals surface area contributed by atoms with Crippen molar-refractivity contribution in [3.05, 3.63) is 96.1 Å². The Morgan fingerprint density at radius 3 is 2.17 bits per heavy atom. The SMILES string of the molecule is C[C@H](NS(=O)(=O)c1ccc(OCC(=O)N2CCC(Cc3ccccc3)CC2)cc1)c1ccccc1. The van der Waals surface area contributed by atoms with Gasteiger partial charge in [-0.2, -0.15) is 0 Å². The van der Waals surface area contributed by atoms with Crippen molar-refractivity contribution >= 4 is 15.9 Å². The zero-order chi connectivity index (χ0) is 24.7. The largest absolute Gasteiger partial charge is 0.484 e. The van der Waals surface area contributed by atoms with E-state index >= 15 is 0 Å². The van der Waals surface area contributed by atoms with Gasteiger partial charge in [0.15, 0.2) is 6.61 Å². The molecule has 6 nitrogen and oxygen atoms in total. The summed E-state index contributed by atoms with van der Waals surface area (Å²) in [4.78, 5) is 14.6. The molecule has 7 heteroatoms. The third kappa shape index (κ3) is 6.93. The zero-order valence-electron chi connectivity index (χ0n) is 20.0. The lowest BCUT2D eigenvalue weighted by molar-refractivity contribution is -0.134. The van der Waals surface area contributed by atoms with Crippen molar-refractivity contribution in [3.8, 4) is 5.75 Å². The topological polar surface area (TPSA) is 75.7 Å². The van der Waals surface area contributed by atoms with Gasteiger partial charge in [-0.15, -0.1) is 0 Å². The molecular formula is C28H32N2O4S. The van der Waals surface area contributed by atoms with Crippen LogP contribution in [0.15, 0.2) is 89.8 Å². The summed E-state index contributed by atoms with van der Waals surface area (Å²) in [6.07, 6.45) is 3.02. The fourth-order valence-electron chi connectivity index (χ4n) is 4.40. The second kappa shape index (κ2) is 11.5. The Kier molecular flexibility index (Phi) is 8.21. The molecule has 184 valence electrons. The number of amides is 1. The van der Waals surface area contributed by atoms with Gasteiger partial charge in [-0.3, -0.25) is 4.79 Å².